The van der Waals surface area contributed by atoms with Crippen molar-refractivity contribution in [2.75, 3.05) is 6.54 Å². The third kappa shape index (κ3) is 1.28. The second-order valence-electron chi connectivity index (χ2n) is 1.47. The lowest BCUT2D eigenvalue weighted by Gasteiger charge is -2.01. The highest BCUT2D eigenvalue weighted by atomic mass is 19.4. The Labute approximate surface area is 49.1 Å². The van der Waals surface area contributed by atoms with Crippen LogP contribution in [0.5, 0.6) is 0 Å². The van der Waals surface area contributed by atoms with Gasteiger partial charge in [0.25, 0.3) is 0 Å². The van der Waals surface area contributed by atoms with Gasteiger partial charge in [0.1, 0.15) is 5.71 Å². The summed E-state index contributed by atoms with van der Waals surface area (Å²) in [5.41, 5.74) is -0.873. The molecule has 0 N–H and O–H groups in total. The maximum absolute atomic E-state index is 11.5. The van der Waals surface area contributed by atoms with E-state index in [4.69, 9.17) is 0 Å². The van der Waals surface area contributed by atoms with Crippen LogP contribution in [-0.2, 0) is 0 Å². The molecule has 0 aromatic rings. The zero-order chi connectivity index (χ0) is 6.91. The lowest BCUT2D eigenvalue weighted by atomic mass is 10.4. The van der Waals surface area contributed by atoms with Crippen molar-refractivity contribution < 1.29 is 13.2 Å². The summed E-state index contributed by atoms with van der Waals surface area (Å²) in [7, 11) is 0. The Bertz CT molecular complexity index is 167. The standard InChI is InChI=1S/C4H2F3N2/c5-4(6,7)3-1-8-2-9-3/h1H2. The van der Waals surface area contributed by atoms with Crippen LogP contribution in [0.4, 0.5) is 13.2 Å². The molecule has 0 bridgehead atoms. The number of halogens is 3. The zero-order valence-corrected chi connectivity index (χ0v) is 4.24. The predicted molar refractivity (Wildman–Crippen MR) is 25.8 cm³/mol. The van der Waals surface area contributed by atoms with Crippen molar-refractivity contribution in [2.45, 2.75) is 6.18 Å². The van der Waals surface area contributed by atoms with Crippen LogP contribution in [0.1, 0.15) is 0 Å². The third-order valence-electron chi connectivity index (χ3n) is 0.812. The van der Waals surface area contributed by atoms with Crippen molar-refractivity contribution in [1.82, 2.24) is 0 Å². The lowest BCUT2D eigenvalue weighted by molar-refractivity contribution is -0.0592. The molecule has 9 heavy (non-hydrogen) atoms. The molecular weight excluding hydrogens is 133 g/mol. The first-order valence-electron chi connectivity index (χ1n) is 2.16. The molecule has 1 radical (unpaired) electrons. The van der Waals surface area contributed by atoms with Gasteiger partial charge in [0.15, 0.2) is 6.34 Å². The van der Waals surface area contributed by atoms with Gasteiger partial charge in [-0.3, -0.25) is 4.99 Å². The number of rotatable bonds is 0. The van der Waals surface area contributed by atoms with Crippen LogP contribution in [0, 0.1) is 0 Å². The average molecular weight is 135 g/mol. The van der Waals surface area contributed by atoms with E-state index in [9.17, 15) is 13.2 Å². The lowest BCUT2D eigenvalue weighted by Crippen LogP contribution is -2.23. The first kappa shape index (κ1) is 6.25. The minimum atomic E-state index is -4.33. The summed E-state index contributed by atoms with van der Waals surface area (Å²) in [6.45, 7) is -0.385. The molecule has 0 saturated carbocycles. The number of hydrogen-bond donors (Lipinski definition) is 0. The van der Waals surface area contributed by atoms with E-state index in [0.29, 0.717) is 0 Å². The summed E-state index contributed by atoms with van der Waals surface area (Å²) in [5, 5.41) is 0. The van der Waals surface area contributed by atoms with Crippen LogP contribution in [0.3, 0.4) is 0 Å². The summed E-state index contributed by atoms with van der Waals surface area (Å²) in [6.07, 6.45) is -2.45. The van der Waals surface area contributed by atoms with Crippen molar-refractivity contribution in [3.05, 3.63) is 0 Å². The highest BCUT2D eigenvalue weighted by Gasteiger charge is 2.36. The van der Waals surface area contributed by atoms with Gasteiger partial charge in [-0.05, 0) is 0 Å². The molecule has 0 aliphatic carbocycles. The monoisotopic (exact) mass is 135 g/mol. The average Bonchev–Trinajstić information content (AvgIpc) is 2.08. The molecule has 1 aliphatic rings. The Morgan fingerprint density at radius 2 is 2.11 bits per heavy atom. The van der Waals surface area contributed by atoms with E-state index in [1.807, 2.05) is 6.34 Å². The van der Waals surface area contributed by atoms with Crippen LogP contribution < -0.4 is 0 Å². The number of nitrogens with zero attached hydrogens (tertiary/aromatic N) is 2. The van der Waals surface area contributed by atoms with Crippen molar-refractivity contribution in [3.63, 3.8) is 0 Å². The molecule has 49 valence electrons. The molecular formula is C4H2F3N2. The van der Waals surface area contributed by atoms with Gasteiger partial charge in [0.2, 0.25) is 0 Å². The van der Waals surface area contributed by atoms with Gasteiger partial charge in [-0.25, -0.2) is 4.99 Å². The van der Waals surface area contributed by atoms with E-state index in [1.54, 1.807) is 0 Å². The molecule has 0 aromatic carbocycles. The number of alkyl halides is 3. The van der Waals surface area contributed by atoms with E-state index >= 15 is 0 Å². The summed E-state index contributed by atoms with van der Waals surface area (Å²) >= 11 is 0. The van der Waals surface area contributed by atoms with E-state index in [1.165, 1.54) is 0 Å². The molecule has 0 fully saturated rings. The summed E-state index contributed by atoms with van der Waals surface area (Å²) in [4.78, 5) is 6.04. The number of aliphatic imine (C=N–C) groups is 2. The second kappa shape index (κ2) is 1.82. The van der Waals surface area contributed by atoms with Gasteiger partial charge in [0, 0.05) is 0 Å². The van der Waals surface area contributed by atoms with Gasteiger partial charge in [-0.15, -0.1) is 0 Å². The molecule has 2 nitrogen and oxygen atoms in total. The topological polar surface area (TPSA) is 24.7 Å². The molecule has 1 aliphatic heterocycles. The molecule has 0 amide bonds. The van der Waals surface area contributed by atoms with E-state index < -0.39 is 11.9 Å². The van der Waals surface area contributed by atoms with Gasteiger partial charge < -0.3 is 0 Å². The Morgan fingerprint density at radius 1 is 1.44 bits per heavy atom. The van der Waals surface area contributed by atoms with Crippen molar-refractivity contribution in [1.29, 1.82) is 0 Å². The maximum atomic E-state index is 11.5. The van der Waals surface area contributed by atoms with Gasteiger partial charge in [0.05, 0.1) is 6.54 Å². The van der Waals surface area contributed by atoms with Crippen molar-refractivity contribution in [3.8, 4) is 0 Å². The fraction of sp³-hybridized carbons (Fsp3) is 0.500. The minimum absolute atomic E-state index is 0.385. The fourth-order valence-corrected chi connectivity index (χ4v) is 0.394. The number of hydrogen-bond acceptors (Lipinski definition) is 2. The molecule has 0 unspecified atom stereocenters. The van der Waals surface area contributed by atoms with Gasteiger partial charge >= 0.3 is 6.18 Å². The highest BCUT2D eigenvalue weighted by molar-refractivity contribution is 5.99. The fourth-order valence-electron chi connectivity index (χ4n) is 0.394. The maximum Gasteiger partial charge on any atom is 0.431 e. The third-order valence-corrected chi connectivity index (χ3v) is 0.812. The largest absolute Gasteiger partial charge is 0.431 e. The van der Waals surface area contributed by atoms with Crippen LogP contribution in [0.25, 0.3) is 0 Å². The molecule has 0 spiro atoms. The second-order valence-corrected chi connectivity index (χ2v) is 1.47. The summed E-state index contributed by atoms with van der Waals surface area (Å²) in [6, 6.07) is 0. The zero-order valence-electron chi connectivity index (χ0n) is 4.24. The van der Waals surface area contributed by atoms with Crippen LogP contribution >= 0.6 is 0 Å². The quantitative estimate of drug-likeness (QED) is 0.471. The van der Waals surface area contributed by atoms with E-state index in [2.05, 4.69) is 9.98 Å². The highest BCUT2D eigenvalue weighted by Crippen LogP contribution is 2.18. The van der Waals surface area contributed by atoms with Gasteiger partial charge in [-0.2, -0.15) is 13.2 Å². The predicted octanol–water partition coefficient (Wildman–Crippen LogP) is 0.909. The first-order chi connectivity index (χ1) is 4.11. The first-order valence-corrected chi connectivity index (χ1v) is 2.16. The van der Waals surface area contributed by atoms with Crippen LogP contribution in [0.2, 0.25) is 0 Å². The van der Waals surface area contributed by atoms with Crippen molar-refractivity contribution >= 4 is 12.1 Å². The smallest absolute Gasteiger partial charge is 0.257 e. The van der Waals surface area contributed by atoms with Crippen molar-refractivity contribution in [2.24, 2.45) is 9.98 Å². The normalized spacial score (nSPS) is 18.3. The molecule has 0 atom stereocenters. The van der Waals surface area contributed by atoms with E-state index in [-0.39, 0.29) is 6.54 Å². The molecule has 1 heterocycles. The molecule has 5 heteroatoms. The van der Waals surface area contributed by atoms with Crippen LogP contribution in [0.15, 0.2) is 9.98 Å². The van der Waals surface area contributed by atoms with E-state index in [0.717, 1.165) is 0 Å². The van der Waals surface area contributed by atoms with Gasteiger partial charge in [-0.1, -0.05) is 0 Å². The Morgan fingerprint density at radius 3 is 2.33 bits per heavy atom. The van der Waals surface area contributed by atoms with Crippen LogP contribution in [-0.4, -0.2) is 24.8 Å². The summed E-state index contributed by atoms with van der Waals surface area (Å²) < 4.78 is 34.6. The SMILES string of the molecule is FC(F)(F)C1=N[C]=NC1. The Kier molecular flexibility index (Phi) is 1.27. The Balaban J connectivity index is 2.66. The molecule has 0 saturated heterocycles. The minimum Gasteiger partial charge on any atom is -0.257 e. The summed E-state index contributed by atoms with van der Waals surface area (Å²) in [5.74, 6) is 0. The molecule has 0 aromatic heterocycles. The Hall–Kier alpha value is -0.870. The molecule has 1 rings (SSSR count).